The van der Waals surface area contributed by atoms with Crippen LogP contribution >= 0.6 is 0 Å². The Balaban J connectivity index is 1.49. The summed E-state index contributed by atoms with van der Waals surface area (Å²) in [6.45, 7) is 2.85. The van der Waals surface area contributed by atoms with Crippen LogP contribution in [0.25, 0.3) is 10.9 Å². The molecular weight excluding hydrogens is 302 g/mol. The highest BCUT2D eigenvalue weighted by molar-refractivity contribution is 5.99. The van der Waals surface area contributed by atoms with E-state index in [9.17, 15) is 4.79 Å². The highest BCUT2D eigenvalue weighted by atomic mass is 16.5. The standard InChI is InChI=1S/C19H19N3O2/c1-14-7-9-16(10-8-14)24-13-12-21-19(23)22-17-6-2-4-15-5-3-11-20-18(15)17/h2-11H,12-13H2,1H3,(H2,21,22,23). The Morgan fingerprint density at radius 3 is 2.71 bits per heavy atom. The number of nitrogens with zero attached hydrogens (tertiary/aromatic N) is 1. The number of anilines is 1. The molecule has 0 atom stereocenters. The van der Waals surface area contributed by atoms with Crippen molar-refractivity contribution in [1.82, 2.24) is 10.3 Å². The van der Waals surface area contributed by atoms with E-state index in [2.05, 4.69) is 15.6 Å². The van der Waals surface area contributed by atoms with Gasteiger partial charge in [-0.3, -0.25) is 4.98 Å². The molecule has 122 valence electrons. The predicted molar refractivity (Wildman–Crippen MR) is 95.4 cm³/mol. The Hall–Kier alpha value is -3.08. The van der Waals surface area contributed by atoms with Gasteiger partial charge >= 0.3 is 6.03 Å². The Morgan fingerprint density at radius 1 is 1.08 bits per heavy atom. The number of rotatable bonds is 5. The van der Waals surface area contributed by atoms with E-state index in [1.807, 2.05) is 61.5 Å². The van der Waals surface area contributed by atoms with Gasteiger partial charge in [-0.05, 0) is 31.2 Å². The van der Waals surface area contributed by atoms with Gasteiger partial charge in [0, 0.05) is 11.6 Å². The Morgan fingerprint density at radius 2 is 1.88 bits per heavy atom. The second kappa shape index (κ2) is 7.46. The van der Waals surface area contributed by atoms with Gasteiger partial charge in [0.05, 0.1) is 17.7 Å². The molecule has 0 saturated carbocycles. The summed E-state index contributed by atoms with van der Waals surface area (Å²) < 4.78 is 5.58. The number of urea groups is 1. The number of para-hydroxylation sites is 1. The third-order valence-electron chi connectivity index (χ3n) is 3.56. The lowest BCUT2D eigenvalue weighted by atomic mass is 10.2. The number of ether oxygens (including phenoxy) is 1. The first-order valence-electron chi connectivity index (χ1n) is 7.80. The molecule has 0 radical (unpaired) electrons. The highest BCUT2D eigenvalue weighted by Crippen LogP contribution is 2.20. The second-order valence-electron chi connectivity index (χ2n) is 5.42. The van der Waals surface area contributed by atoms with Crippen molar-refractivity contribution in [3.63, 3.8) is 0 Å². The number of benzene rings is 2. The van der Waals surface area contributed by atoms with Gasteiger partial charge in [0.25, 0.3) is 0 Å². The van der Waals surface area contributed by atoms with Crippen LogP contribution in [0.1, 0.15) is 5.56 Å². The number of carbonyl (C=O) groups is 1. The molecule has 0 bridgehead atoms. The zero-order chi connectivity index (χ0) is 16.8. The number of hydrogen-bond acceptors (Lipinski definition) is 3. The monoisotopic (exact) mass is 321 g/mol. The number of amides is 2. The summed E-state index contributed by atoms with van der Waals surface area (Å²) in [4.78, 5) is 16.3. The third kappa shape index (κ3) is 4.01. The number of pyridine rings is 1. The molecule has 5 nitrogen and oxygen atoms in total. The van der Waals surface area contributed by atoms with Gasteiger partial charge < -0.3 is 15.4 Å². The molecule has 2 aromatic carbocycles. The van der Waals surface area contributed by atoms with Gasteiger partial charge in [-0.1, -0.05) is 35.9 Å². The van der Waals surface area contributed by atoms with Crippen LogP contribution in [0.5, 0.6) is 5.75 Å². The fourth-order valence-corrected chi connectivity index (χ4v) is 2.34. The van der Waals surface area contributed by atoms with Crippen molar-refractivity contribution in [2.45, 2.75) is 6.92 Å². The van der Waals surface area contributed by atoms with Crippen LogP contribution in [0.3, 0.4) is 0 Å². The number of aryl methyl sites for hydroxylation is 1. The van der Waals surface area contributed by atoms with Crippen LogP contribution in [0.2, 0.25) is 0 Å². The summed E-state index contributed by atoms with van der Waals surface area (Å²) in [5.74, 6) is 0.793. The fourth-order valence-electron chi connectivity index (χ4n) is 2.34. The SMILES string of the molecule is Cc1ccc(OCCNC(=O)Nc2cccc3cccnc23)cc1. The van der Waals surface area contributed by atoms with Crippen molar-refractivity contribution < 1.29 is 9.53 Å². The molecule has 1 aromatic heterocycles. The van der Waals surface area contributed by atoms with E-state index in [0.717, 1.165) is 16.7 Å². The Bertz CT molecular complexity index is 826. The first kappa shape index (κ1) is 15.8. The van der Waals surface area contributed by atoms with Crippen molar-refractivity contribution >= 4 is 22.6 Å². The molecule has 0 unspecified atom stereocenters. The third-order valence-corrected chi connectivity index (χ3v) is 3.56. The summed E-state index contributed by atoms with van der Waals surface area (Å²) >= 11 is 0. The largest absolute Gasteiger partial charge is 0.492 e. The lowest BCUT2D eigenvalue weighted by Gasteiger charge is -2.10. The summed E-state index contributed by atoms with van der Waals surface area (Å²) in [6.07, 6.45) is 1.71. The summed E-state index contributed by atoms with van der Waals surface area (Å²) in [7, 11) is 0. The van der Waals surface area contributed by atoms with Gasteiger partial charge in [0.15, 0.2) is 0 Å². The minimum absolute atomic E-state index is 0.277. The fraction of sp³-hybridized carbons (Fsp3) is 0.158. The van der Waals surface area contributed by atoms with Crippen molar-refractivity contribution in [1.29, 1.82) is 0 Å². The number of carbonyl (C=O) groups excluding carboxylic acids is 1. The minimum atomic E-state index is -0.277. The van der Waals surface area contributed by atoms with E-state index in [1.54, 1.807) is 6.20 Å². The highest BCUT2D eigenvalue weighted by Gasteiger charge is 2.05. The maximum atomic E-state index is 12.0. The van der Waals surface area contributed by atoms with E-state index < -0.39 is 0 Å². The average Bonchev–Trinajstić information content (AvgIpc) is 2.61. The van der Waals surface area contributed by atoms with E-state index in [-0.39, 0.29) is 6.03 Å². The normalized spacial score (nSPS) is 10.4. The van der Waals surface area contributed by atoms with Crippen molar-refractivity contribution in [3.8, 4) is 5.75 Å². The molecule has 3 rings (SSSR count). The molecule has 3 aromatic rings. The van der Waals surface area contributed by atoms with Crippen LogP contribution in [-0.2, 0) is 0 Å². The van der Waals surface area contributed by atoms with Crippen LogP contribution < -0.4 is 15.4 Å². The smallest absolute Gasteiger partial charge is 0.319 e. The molecule has 0 aliphatic rings. The second-order valence-corrected chi connectivity index (χ2v) is 5.42. The molecule has 0 aliphatic heterocycles. The van der Waals surface area contributed by atoms with E-state index in [1.165, 1.54) is 5.56 Å². The van der Waals surface area contributed by atoms with Crippen LogP contribution in [0, 0.1) is 6.92 Å². The summed E-state index contributed by atoms with van der Waals surface area (Å²) in [5, 5.41) is 6.58. The van der Waals surface area contributed by atoms with Crippen LogP contribution in [0.15, 0.2) is 60.8 Å². The van der Waals surface area contributed by atoms with Gasteiger partial charge in [0.2, 0.25) is 0 Å². The minimum Gasteiger partial charge on any atom is -0.492 e. The number of hydrogen-bond donors (Lipinski definition) is 2. The van der Waals surface area contributed by atoms with Crippen LogP contribution in [0.4, 0.5) is 10.5 Å². The molecular formula is C19H19N3O2. The molecule has 5 heteroatoms. The first-order valence-corrected chi connectivity index (χ1v) is 7.80. The zero-order valence-corrected chi connectivity index (χ0v) is 13.5. The molecule has 24 heavy (non-hydrogen) atoms. The molecule has 0 saturated heterocycles. The quantitative estimate of drug-likeness (QED) is 0.704. The number of fused-ring (bicyclic) bond motifs is 1. The van der Waals surface area contributed by atoms with Crippen molar-refractivity contribution in [2.75, 3.05) is 18.5 Å². The lowest BCUT2D eigenvalue weighted by molar-refractivity contribution is 0.247. The van der Waals surface area contributed by atoms with Crippen molar-refractivity contribution in [3.05, 3.63) is 66.4 Å². The first-order chi connectivity index (χ1) is 11.7. The average molecular weight is 321 g/mol. The van der Waals surface area contributed by atoms with Gasteiger partial charge in [-0.15, -0.1) is 0 Å². The summed E-state index contributed by atoms with van der Waals surface area (Å²) in [6, 6.07) is 17.0. The molecule has 0 spiro atoms. The molecule has 1 heterocycles. The number of aromatic nitrogens is 1. The summed E-state index contributed by atoms with van der Waals surface area (Å²) in [5.41, 5.74) is 2.64. The zero-order valence-electron chi connectivity index (χ0n) is 13.5. The topological polar surface area (TPSA) is 63.2 Å². The predicted octanol–water partition coefficient (Wildman–Crippen LogP) is 3.74. The van der Waals surface area contributed by atoms with E-state index >= 15 is 0 Å². The van der Waals surface area contributed by atoms with Gasteiger partial charge in [0.1, 0.15) is 12.4 Å². The van der Waals surface area contributed by atoms with Gasteiger partial charge in [-0.25, -0.2) is 4.79 Å². The van der Waals surface area contributed by atoms with E-state index in [4.69, 9.17) is 4.74 Å². The maximum Gasteiger partial charge on any atom is 0.319 e. The molecule has 0 fully saturated rings. The van der Waals surface area contributed by atoms with E-state index in [0.29, 0.717) is 18.8 Å². The Labute approximate surface area is 140 Å². The van der Waals surface area contributed by atoms with Gasteiger partial charge in [-0.2, -0.15) is 0 Å². The maximum absolute atomic E-state index is 12.0. The molecule has 0 aliphatic carbocycles. The molecule has 2 amide bonds. The van der Waals surface area contributed by atoms with Crippen molar-refractivity contribution in [2.24, 2.45) is 0 Å². The Kier molecular flexibility index (Phi) is 4.91. The lowest BCUT2D eigenvalue weighted by Crippen LogP contribution is -2.32. The number of nitrogens with one attached hydrogen (secondary N) is 2. The molecule has 2 N–H and O–H groups in total. The van der Waals surface area contributed by atoms with Crippen LogP contribution in [-0.4, -0.2) is 24.2 Å².